The summed E-state index contributed by atoms with van der Waals surface area (Å²) in [6.07, 6.45) is -0.460. The van der Waals surface area contributed by atoms with Gasteiger partial charge in [0.05, 0.1) is 23.6 Å². The van der Waals surface area contributed by atoms with Crippen LogP contribution in [0.2, 0.25) is 10.0 Å². The van der Waals surface area contributed by atoms with E-state index in [9.17, 15) is 24.8 Å². The predicted molar refractivity (Wildman–Crippen MR) is 163 cm³/mol. The van der Waals surface area contributed by atoms with Crippen molar-refractivity contribution in [3.8, 4) is 6.07 Å². The summed E-state index contributed by atoms with van der Waals surface area (Å²) in [5.41, 5.74) is 2.78. The van der Waals surface area contributed by atoms with E-state index in [1.54, 1.807) is 53.4 Å². The van der Waals surface area contributed by atoms with Crippen LogP contribution in [0.15, 0.2) is 72.8 Å². The van der Waals surface area contributed by atoms with Crippen LogP contribution in [-0.2, 0) is 25.5 Å². The number of nitrogens with zero attached hydrogens (tertiary/aromatic N) is 2. The third kappa shape index (κ3) is 7.74. The van der Waals surface area contributed by atoms with E-state index >= 15 is 0 Å². The molecule has 3 aromatic rings. The van der Waals surface area contributed by atoms with Crippen LogP contribution in [0.5, 0.6) is 0 Å². The summed E-state index contributed by atoms with van der Waals surface area (Å²) in [7, 11) is 0. The van der Waals surface area contributed by atoms with Crippen molar-refractivity contribution >= 4 is 41.0 Å². The summed E-state index contributed by atoms with van der Waals surface area (Å²) in [6.45, 7) is 3.36. The maximum atomic E-state index is 14.4. The number of carbonyl (C=O) groups is 3. The van der Waals surface area contributed by atoms with Gasteiger partial charge in [0.1, 0.15) is 18.2 Å². The molecule has 2 amide bonds. The highest BCUT2D eigenvalue weighted by molar-refractivity contribution is 6.30. The Hall–Kier alpha value is -3.90. The molecule has 10 heteroatoms. The third-order valence-corrected chi connectivity index (χ3v) is 8.05. The van der Waals surface area contributed by atoms with Crippen molar-refractivity contribution in [1.82, 2.24) is 10.2 Å². The van der Waals surface area contributed by atoms with Gasteiger partial charge in [-0.25, -0.2) is 0 Å². The number of hydrogen-bond donors (Lipinski definition) is 2. The number of hydrogen-bond acceptors (Lipinski definition) is 5. The van der Waals surface area contributed by atoms with Gasteiger partial charge in [-0.1, -0.05) is 79.9 Å². The lowest BCUT2D eigenvalue weighted by Gasteiger charge is -2.47. The van der Waals surface area contributed by atoms with E-state index in [1.807, 2.05) is 31.2 Å². The smallest absolute Gasteiger partial charge is 0.308 e. The van der Waals surface area contributed by atoms with Gasteiger partial charge >= 0.3 is 5.97 Å². The number of benzene rings is 3. The van der Waals surface area contributed by atoms with Crippen LogP contribution in [0, 0.1) is 17.2 Å². The minimum absolute atomic E-state index is 0.0756. The molecular weight excluding hydrogens is 589 g/mol. The van der Waals surface area contributed by atoms with Crippen molar-refractivity contribution in [1.29, 1.82) is 5.26 Å². The number of carbonyl (C=O) groups excluding carboxylic acids is 2. The first-order valence-electron chi connectivity index (χ1n) is 14.1. The van der Waals surface area contributed by atoms with Gasteiger partial charge in [-0.15, -0.1) is 0 Å². The van der Waals surface area contributed by atoms with Gasteiger partial charge in [0.2, 0.25) is 5.91 Å². The van der Waals surface area contributed by atoms with Crippen molar-refractivity contribution in [2.45, 2.75) is 57.4 Å². The van der Waals surface area contributed by atoms with Gasteiger partial charge < -0.3 is 20.1 Å². The Labute approximate surface area is 261 Å². The molecule has 5 atom stereocenters. The number of carboxylic acid groups (broad SMARTS) is 1. The lowest BCUT2D eigenvalue weighted by atomic mass is 9.88. The van der Waals surface area contributed by atoms with Gasteiger partial charge in [-0.3, -0.25) is 14.4 Å². The second-order valence-electron chi connectivity index (χ2n) is 10.6. The van der Waals surface area contributed by atoms with Gasteiger partial charge in [-0.05, 0) is 59.5 Å². The molecule has 1 heterocycles. The topological polar surface area (TPSA) is 120 Å². The molecule has 43 heavy (non-hydrogen) atoms. The fraction of sp³-hybridized carbons (Fsp3) is 0.333. The molecule has 0 bridgehead atoms. The van der Waals surface area contributed by atoms with Crippen LogP contribution in [0.3, 0.4) is 0 Å². The van der Waals surface area contributed by atoms with Crippen molar-refractivity contribution in [2.75, 3.05) is 6.54 Å². The Morgan fingerprint density at radius 3 is 2.12 bits per heavy atom. The summed E-state index contributed by atoms with van der Waals surface area (Å²) < 4.78 is 6.61. The highest BCUT2D eigenvalue weighted by Gasteiger charge is 2.48. The first-order chi connectivity index (χ1) is 20.6. The first kappa shape index (κ1) is 32.0. The maximum absolute atomic E-state index is 14.4. The molecule has 3 aromatic carbocycles. The van der Waals surface area contributed by atoms with E-state index in [-0.39, 0.29) is 18.9 Å². The van der Waals surface area contributed by atoms with E-state index < -0.39 is 42.1 Å². The largest absolute Gasteiger partial charge is 0.481 e. The summed E-state index contributed by atoms with van der Waals surface area (Å²) >= 11 is 12.4. The molecule has 8 nitrogen and oxygen atoms in total. The molecule has 1 aliphatic rings. The number of morpholine rings is 1. The summed E-state index contributed by atoms with van der Waals surface area (Å²) in [4.78, 5) is 41.2. The van der Waals surface area contributed by atoms with E-state index in [4.69, 9.17) is 27.9 Å². The molecule has 0 radical (unpaired) electrons. The van der Waals surface area contributed by atoms with Crippen LogP contribution in [-0.4, -0.2) is 46.5 Å². The highest BCUT2D eigenvalue weighted by Crippen LogP contribution is 2.44. The van der Waals surface area contributed by atoms with Crippen LogP contribution >= 0.6 is 23.2 Å². The summed E-state index contributed by atoms with van der Waals surface area (Å²) in [6, 6.07) is 21.7. The van der Waals surface area contributed by atoms with Gasteiger partial charge in [-0.2, -0.15) is 5.26 Å². The molecule has 0 saturated carbocycles. The Kier molecular flexibility index (Phi) is 10.8. The van der Waals surface area contributed by atoms with Crippen molar-refractivity contribution in [2.24, 2.45) is 5.92 Å². The normalized spacial score (nSPS) is 19.7. The summed E-state index contributed by atoms with van der Waals surface area (Å²) in [5.74, 6) is -2.63. The van der Waals surface area contributed by atoms with Crippen LogP contribution in [0.1, 0.15) is 61.1 Å². The number of carboxylic acids is 1. The monoisotopic (exact) mass is 621 g/mol. The van der Waals surface area contributed by atoms with Crippen LogP contribution < -0.4 is 5.32 Å². The SMILES string of the molecule is CCC[C@H](C(=O)NC[C@H](C)C(=O)O)N1C(=O)[C@H](Cc2ccc(C#N)cc2)O[C@@H](c2ccc(Cl)cc2)[C@H]1c1ccc(Cl)cc1. The molecule has 224 valence electrons. The average Bonchev–Trinajstić information content (AvgIpc) is 3.00. The molecular formula is C33H33Cl2N3O5. The van der Waals surface area contributed by atoms with Gasteiger partial charge in [0.15, 0.2) is 0 Å². The Morgan fingerprint density at radius 1 is 1.00 bits per heavy atom. The number of nitriles is 1. The van der Waals surface area contributed by atoms with E-state index in [0.29, 0.717) is 28.5 Å². The lowest BCUT2D eigenvalue weighted by Crippen LogP contribution is -2.59. The molecule has 2 N–H and O–H groups in total. The maximum Gasteiger partial charge on any atom is 0.308 e. The molecule has 0 aliphatic carbocycles. The molecule has 1 aliphatic heterocycles. The van der Waals surface area contributed by atoms with Crippen molar-refractivity contribution in [3.63, 3.8) is 0 Å². The number of ether oxygens (including phenoxy) is 1. The lowest BCUT2D eigenvalue weighted by molar-refractivity contribution is -0.181. The second-order valence-corrected chi connectivity index (χ2v) is 11.5. The number of rotatable bonds is 11. The summed E-state index contributed by atoms with van der Waals surface area (Å²) in [5, 5.41) is 22.4. The number of halogens is 2. The Balaban J connectivity index is 1.82. The molecule has 1 saturated heterocycles. The molecule has 1 fully saturated rings. The first-order valence-corrected chi connectivity index (χ1v) is 14.9. The zero-order valence-corrected chi connectivity index (χ0v) is 25.4. The van der Waals surface area contributed by atoms with Crippen molar-refractivity contribution in [3.05, 3.63) is 105 Å². The third-order valence-electron chi connectivity index (χ3n) is 7.55. The minimum atomic E-state index is -1.03. The molecule has 0 unspecified atom stereocenters. The predicted octanol–water partition coefficient (Wildman–Crippen LogP) is 6.12. The van der Waals surface area contributed by atoms with E-state index in [2.05, 4.69) is 11.4 Å². The van der Waals surface area contributed by atoms with Crippen LogP contribution in [0.4, 0.5) is 0 Å². The zero-order valence-electron chi connectivity index (χ0n) is 23.9. The molecule has 4 rings (SSSR count). The Morgan fingerprint density at radius 2 is 1.58 bits per heavy atom. The zero-order chi connectivity index (χ0) is 31.1. The number of amides is 2. The second kappa shape index (κ2) is 14.5. The average molecular weight is 623 g/mol. The van der Waals surface area contributed by atoms with Crippen LogP contribution in [0.25, 0.3) is 0 Å². The van der Waals surface area contributed by atoms with E-state index in [1.165, 1.54) is 6.92 Å². The van der Waals surface area contributed by atoms with E-state index in [0.717, 1.165) is 16.7 Å². The molecule has 0 spiro atoms. The fourth-order valence-corrected chi connectivity index (χ4v) is 5.46. The Bertz CT molecular complexity index is 1470. The fourth-order valence-electron chi connectivity index (χ4n) is 5.21. The quantitative estimate of drug-likeness (QED) is 0.266. The highest BCUT2D eigenvalue weighted by atomic mass is 35.5. The minimum Gasteiger partial charge on any atom is -0.481 e. The van der Waals surface area contributed by atoms with Crippen molar-refractivity contribution < 1.29 is 24.2 Å². The number of nitrogens with one attached hydrogen (secondary N) is 1. The van der Waals surface area contributed by atoms with Gasteiger partial charge in [0.25, 0.3) is 5.91 Å². The standard InChI is InChI=1S/C33H33Cl2N3O5/c1-3-4-27(31(39)37-19-20(2)33(41)42)38-29(23-9-13-25(34)14-10-23)30(24-11-15-26(35)16-12-24)43-28(32(38)40)17-21-5-7-22(18-36)8-6-21/h5-16,20,27-30H,3-4,17,19H2,1-2H3,(H,37,39)(H,41,42)/t20-,27+,28-,29+,30-/m0/s1. The molecule has 0 aromatic heterocycles. The van der Waals surface area contributed by atoms with Gasteiger partial charge in [0, 0.05) is 23.0 Å². The number of aliphatic carboxylic acids is 1.